The quantitative estimate of drug-likeness (QED) is 0.619. The van der Waals surface area contributed by atoms with Crippen molar-refractivity contribution in [1.29, 1.82) is 0 Å². The van der Waals surface area contributed by atoms with E-state index in [0.717, 1.165) is 23.0 Å². The van der Waals surface area contributed by atoms with Crippen LogP contribution in [-0.2, 0) is 14.8 Å². The molecule has 0 aliphatic heterocycles. The van der Waals surface area contributed by atoms with Crippen LogP contribution in [0.15, 0.2) is 66.1 Å². The van der Waals surface area contributed by atoms with Crippen molar-refractivity contribution in [2.24, 2.45) is 5.92 Å². The van der Waals surface area contributed by atoms with Gasteiger partial charge in [-0.05, 0) is 29.5 Å². The van der Waals surface area contributed by atoms with Crippen LogP contribution in [0.3, 0.4) is 0 Å². The van der Waals surface area contributed by atoms with Gasteiger partial charge in [-0.15, -0.1) is 0 Å². The predicted octanol–water partition coefficient (Wildman–Crippen LogP) is 3.91. The van der Waals surface area contributed by atoms with Crippen LogP contribution in [0.1, 0.15) is 44.2 Å². The molecule has 0 aromatic heterocycles. The second-order valence-electron chi connectivity index (χ2n) is 7.36. The lowest BCUT2D eigenvalue weighted by Crippen LogP contribution is -2.49. The number of carbonyl (C=O) groups is 1. The maximum absolute atomic E-state index is 12.7. The fraction of sp³-hybridized carbons (Fsp3) is 0.348. The third-order valence-corrected chi connectivity index (χ3v) is 5.84. The number of sulfonamides is 1. The lowest BCUT2D eigenvalue weighted by Gasteiger charge is -2.23. The predicted molar refractivity (Wildman–Crippen MR) is 119 cm³/mol. The van der Waals surface area contributed by atoms with Gasteiger partial charge in [-0.25, -0.2) is 8.42 Å². The largest absolute Gasteiger partial charge is 0.354 e. The zero-order chi connectivity index (χ0) is 21.3. The zero-order valence-electron chi connectivity index (χ0n) is 17.2. The standard InChI is InChI=1S/C23H30N2O3S/c1-4-20(21-13-9-6-10-14-21)17-24-23(26)22(18(2)3)25-29(27,28)16-15-19-11-7-5-8-12-19/h5-16,18,20,22,25H,4,17H2,1-3H3,(H,24,26)/b16-15+/t20-,22-/m0/s1. The highest BCUT2D eigenvalue weighted by Crippen LogP contribution is 2.18. The number of amides is 1. The van der Waals surface area contributed by atoms with Crippen molar-refractivity contribution in [1.82, 2.24) is 10.0 Å². The lowest BCUT2D eigenvalue weighted by molar-refractivity contribution is -0.123. The Morgan fingerprint density at radius 1 is 1.00 bits per heavy atom. The highest BCUT2D eigenvalue weighted by Gasteiger charge is 2.26. The number of nitrogens with one attached hydrogen (secondary N) is 2. The molecule has 2 aromatic rings. The van der Waals surface area contributed by atoms with Gasteiger partial charge in [0.15, 0.2) is 0 Å². The summed E-state index contributed by atoms with van der Waals surface area (Å²) in [5.74, 6) is -0.319. The van der Waals surface area contributed by atoms with E-state index in [2.05, 4.69) is 17.0 Å². The molecular weight excluding hydrogens is 384 g/mol. The van der Waals surface area contributed by atoms with Gasteiger partial charge in [0.2, 0.25) is 15.9 Å². The number of hydrogen-bond acceptors (Lipinski definition) is 3. The van der Waals surface area contributed by atoms with Crippen molar-refractivity contribution in [3.8, 4) is 0 Å². The Hall–Kier alpha value is -2.44. The molecule has 5 nitrogen and oxygen atoms in total. The normalized spacial score (nSPS) is 14.1. The molecule has 0 bridgehead atoms. The first-order valence-corrected chi connectivity index (χ1v) is 11.4. The minimum Gasteiger partial charge on any atom is -0.354 e. The second-order valence-corrected chi connectivity index (χ2v) is 8.96. The minimum atomic E-state index is -3.76. The number of carbonyl (C=O) groups excluding carboxylic acids is 1. The van der Waals surface area contributed by atoms with Crippen LogP contribution >= 0.6 is 0 Å². The monoisotopic (exact) mass is 414 g/mol. The molecule has 0 saturated carbocycles. The van der Waals surface area contributed by atoms with Crippen LogP contribution in [0, 0.1) is 5.92 Å². The third-order valence-electron chi connectivity index (χ3n) is 4.77. The molecule has 0 unspecified atom stereocenters. The molecule has 2 rings (SSSR count). The second kappa shape index (κ2) is 10.9. The van der Waals surface area contributed by atoms with Gasteiger partial charge >= 0.3 is 0 Å². The van der Waals surface area contributed by atoms with Crippen LogP contribution in [0.5, 0.6) is 0 Å². The molecule has 0 spiro atoms. The number of hydrogen-bond donors (Lipinski definition) is 2. The molecule has 2 N–H and O–H groups in total. The molecule has 0 aliphatic rings. The summed E-state index contributed by atoms with van der Waals surface area (Å²) in [5, 5.41) is 4.02. The van der Waals surface area contributed by atoms with E-state index in [4.69, 9.17) is 0 Å². The topological polar surface area (TPSA) is 75.3 Å². The first-order valence-electron chi connectivity index (χ1n) is 9.90. The number of rotatable bonds is 10. The van der Waals surface area contributed by atoms with E-state index in [1.165, 1.54) is 6.08 Å². The van der Waals surface area contributed by atoms with Crippen molar-refractivity contribution in [2.75, 3.05) is 6.54 Å². The van der Waals surface area contributed by atoms with Gasteiger partial charge in [0.05, 0.1) is 0 Å². The van der Waals surface area contributed by atoms with E-state index in [9.17, 15) is 13.2 Å². The van der Waals surface area contributed by atoms with Crippen molar-refractivity contribution in [2.45, 2.75) is 39.2 Å². The molecule has 1 amide bonds. The van der Waals surface area contributed by atoms with E-state index in [1.54, 1.807) is 0 Å². The highest BCUT2D eigenvalue weighted by molar-refractivity contribution is 7.92. The molecule has 0 fully saturated rings. The first-order chi connectivity index (χ1) is 13.8. The van der Waals surface area contributed by atoms with Crippen molar-refractivity contribution < 1.29 is 13.2 Å². The summed E-state index contributed by atoms with van der Waals surface area (Å²) in [4.78, 5) is 12.7. The van der Waals surface area contributed by atoms with Gasteiger partial charge in [0, 0.05) is 17.9 Å². The Kier molecular flexibility index (Phi) is 8.61. The smallest absolute Gasteiger partial charge is 0.238 e. The van der Waals surface area contributed by atoms with Gasteiger partial charge < -0.3 is 5.32 Å². The summed E-state index contributed by atoms with van der Waals surface area (Å²) in [5.41, 5.74) is 1.93. The summed E-state index contributed by atoms with van der Waals surface area (Å²) < 4.78 is 27.4. The number of benzene rings is 2. The Morgan fingerprint density at radius 3 is 2.14 bits per heavy atom. The maximum Gasteiger partial charge on any atom is 0.238 e. The Balaban J connectivity index is 2.02. The van der Waals surface area contributed by atoms with E-state index in [0.29, 0.717) is 6.54 Å². The Morgan fingerprint density at radius 2 is 1.59 bits per heavy atom. The average Bonchev–Trinajstić information content (AvgIpc) is 2.72. The van der Waals surface area contributed by atoms with Gasteiger partial charge in [-0.2, -0.15) is 4.72 Å². The minimum absolute atomic E-state index is 0.183. The molecule has 156 valence electrons. The van der Waals surface area contributed by atoms with Crippen molar-refractivity contribution in [3.63, 3.8) is 0 Å². The summed E-state index contributed by atoms with van der Waals surface area (Å²) in [6, 6.07) is 18.3. The zero-order valence-corrected chi connectivity index (χ0v) is 18.0. The highest BCUT2D eigenvalue weighted by atomic mass is 32.2. The summed E-state index contributed by atoms with van der Waals surface area (Å²) in [6.45, 7) is 6.18. The fourth-order valence-corrected chi connectivity index (χ4v) is 4.15. The molecule has 0 heterocycles. The third kappa shape index (κ3) is 7.48. The summed E-state index contributed by atoms with van der Waals surface area (Å²) in [7, 11) is -3.76. The Bertz CT molecular complexity index is 894. The van der Waals surface area contributed by atoms with Gasteiger partial charge in [0.25, 0.3) is 0 Å². The Labute approximate surface area is 174 Å². The van der Waals surface area contributed by atoms with E-state index in [-0.39, 0.29) is 17.7 Å². The molecule has 29 heavy (non-hydrogen) atoms. The fourth-order valence-electron chi connectivity index (χ4n) is 3.00. The molecule has 0 saturated heterocycles. The van der Waals surface area contributed by atoms with E-state index < -0.39 is 16.1 Å². The molecular formula is C23H30N2O3S. The van der Waals surface area contributed by atoms with Crippen molar-refractivity contribution in [3.05, 3.63) is 77.2 Å². The van der Waals surface area contributed by atoms with E-state index >= 15 is 0 Å². The molecule has 6 heteroatoms. The average molecular weight is 415 g/mol. The summed E-state index contributed by atoms with van der Waals surface area (Å²) >= 11 is 0. The van der Waals surface area contributed by atoms with Gasteiger partial charge in [-0.1, -0.05) is 81.4 Å². The van der Waals surface area contributed by atoms with Crippen molar-refractivity contribution >= 4 is 22.0 Å². The molecule has 0 aliphatic carbocycles. The van der Waals surface area contributed by atoms with Gasteiger partial charge in [-0.3, -0.25) is 4.79 Å². The van der Waals surface area contributed by atoms with Crippen LogP contribution in [0.4, 0.5) is 0 Å². The lowest BCUT2D eigenvalue weighted by atomic mass is 9.96. The summed E-state index contributed by atoms with van der Waals surface area (Å²) in [6.07, 6.45) is 2.39. The van der Waals surface area contributed by atoms with Crippen LogP contribution in [-0.4, -0.2) is 26.9 Å². The molecule has 0 radical (unpaired) electrons. The molecule has 2 aromatic carbocycles. The van der Waals surface area contributed by atoms with Crippen LogP contribution in [0.2, 0.25) is 0 Å². The van der Waals surface area contributed by atoms with Gasteiger partial charge in [0.1, 0.15) is 6.04 Å². The maximum atomic E-state index is 12.7. The van der Waals surface area contributed by atoms with E-state index in [1.807, 2.05) is 74.5 Å². The molecule has 2 atom stereocenters. The first kappa shape index (κ1) is 22.8. The van der Waals surface area contributed by atoms with Crippen LogP contribution in [0.25, 0.3) is 6.08 Å². The van der Waals surface area contributed by atoms with Crippen LogP contribution < -0.4 is 10.0 Å². The SMILES string of the molecule is CC[C@@H](CNC(=O)[C@@H](NS(=O)(=O)/C=C/c1ccccc1)C(C)C)c1ccccc1.